The molecule has 0 aromatic carbocycles. The summed E-state index contributed by atoms with van der Waals surface area (Å²) >= 11 is 0. The fraction of sp³-hybridized carbons (Fsp3) is 0.837. The van der Waals surface area contributed by atoms with Gasteiger partial charge in [-0.1, -0.05) is 0 Å². The number of nitrogens with one attached hydrogen (secondary N) is 11. The van der Waals surface area contributed by atoms with Crippen LogP contribution in [0.15, 0.2) is 6.33 Å². The van der Waals surface area contributed by atoms with Gasteiger partial charge in [0.2, 0.25) is 0 Å². The summed E-state index contributed by atoms with van der Waals surface area (Å²) in [7, 11) is 0. The number of hydrogen-bond acceptors (Lipinski definition) is 19. The standard InChI is InChI=1S/C43H87N17O6/c44-13-7-22-47-16-1-4-19-50-25-10-28-53-41(61)59-39-38-40(57-33-56-39)60(34-58-38)37-31-35(66-43(63)55-30-12-27-52-21-6-3-18-49-24-9-15-46)36(65-37)32-64-42(62)54-29-11-26-51-20-5-2-17-48-23-8-14-45/h33,35-37,47-52,58H,1-32,34,44-46H2,(H,54,62)(H,55,63)(H2,53,56,57,59,61)/t35-,36+,37+/m0/s1. The average molecular weight is 938 g/mol. The highest BCUT2D eigenvalue weighted by molar-refractivity contribution is 5.94. The molecule has 23 heteroatoms. The van der Waals surface area contributed by atoms with E-state index < -0.39 is 30.6 Å². The predicted octanol–water partition coefficient (Wildman–Crippen LogP) is -0.182. The number of rotatable bonds is 41. The maximum absolute atomic E-state index is 13.0. The number of carbonyl (C=O) groups is 3. The van der Waals surface area contributed by atoms with Crippen LogP contribution in [0.2, 0.25) is 0 Å². The summed E-state index contributed by atoms with van der Waals surface area (Å²) < 4.78 is 17.9. The number of carbonyl (C=O) groups excluding carboxylic acids is 3. The highest BCUT2D eigenvalue weighted by Crippen LogP contribution is 2.38. The van der Waals surface area contributed by atoms with Gasteiger partial charge in [-0.05, 0) is 175 Å². The second-order valence-corrected chi connectivity index (χ2v) is 16.5. The van der Waals surface area contributed by atoms with Crippen LogP contribution >= 0.6 is 0 Å². The van der Waals surface area contributed by atoms with Gasteiger partial charge in [0.15, 0.2) is 11.6 Å². The quantitative estimate of drug-likeness (QED) is 0.0379. The van der Waals surface area contributed by atoms with Crippen LogP contribution in [0.1, 0.15) is 83.5 Å². The summed E-state index contributed by atoms with van der Waals surface area (Å²) in [5.74, 6) is 0.848. The third-order valence-electron chi connectivity index (χ3n) is 10.9. The number of aromatic nitrogens is 2. The molecule has 1 aromatic heterocycles. The van der Waals surface area contributed by atoms with Crippen molar-refractivity contribution in [2.24, 2.45) is 17.2 Å². The number of amides is 4. The second kappa shape index (κ2) is 38.1. The molecule has 0 aliphatic carbocycles. The van der Waals surface area contributed by atoms with Gasteiger partial charge in [0.25, 0.3) is 0 Å². The Kier molecular flexibility index (Phi) is 32.6. The minimum Gasteiger partial charge on any atom is -0.447 e. The van der Waals surface area contributed by atoms with Crippen molar-refractivity contribution in [3.8, 4) is 0 Å². The van der Waals surface area contributed by atoms with Crippen molar-refractivity contribution in [1.29, 1.82) is 0 Å². The second-order valence-electron chi connectivity index (χ2n) is 16.5. The van der Waals surface area contributed by atoms with Crippen molar-refractivity contribution in [1.82, 2.24) is 57.8 Å². The van der Waals surface area contributed by atoms with Crippen molar-refractivity contribution >= 4 is 35.5 Å². The van der Waals surface area contributed by atoms with Gasteiger partial charge in [0.1, 0.15) is 37.1 Å². The molecule has 3 heterocycles. The zero-order valence-electron chi connectivity index (χ0n) is 39.7. The number of ether oxygens (including phenoxy) is 3. The van der Waals surface area contributed by atoms with E-state index in [1.807, 2.05) is 4.90 Å². The number of unbranched alkanes of at least 4 members (excludes halogenated alkanes) is 3. The lowest BCUT2D eigenvalue weighted by Crippen LogP contribution is -2.38. The molecule has 0 unspecified atom stereocenters. The molecule has 2 aliphatic rings. The lowest BCUT2D eigenvalue weighted by atomic mass is 10.2. The fourth-order valence-electron chi connectivity index (χ4n) is 7.19. The first-order chi connectivity index (χ1) is 32.5. The fourth-order valence-corrected chi connectivity index (χ4v) is 7.19. The van der Waals surface area contributed by atoms with Crippen LogP contribution in [0.4, 0.5) is 31.7 Å². The van der Waals surface area contributed by atoms with Gasteiger partial charge in [-0.15, -0.1) is 0 Å². The lowest BCUT2D eigenvalue weighted by molar-refractivity contribution is -0.0307. The van der Waals surface area contributed by atoms with Gasteiger partial charge in [0.05, 0.1) is 6.67 Å². The number of nitrogens with zero attached hydrogens (tertiary/aromatic N) is 3. The van der Waals surface area contributed by atoms with Gasteiger partial charge in [-0.3, -0.25) is 5.32 Å². The molecule has 0 spiro atoms. The molecule has 17 N–H and O–H groups in total. The van der Waals surface area contributed by atoms with Crippen molar-refractivity contribution in [2.75, 3.05) is 147 Å². The number of nitrogens with two attached hydrogens (primary N) is 3. The molecule has 0 radical (unpaired) electrons. The Morgan fingerprint density at radius 1 is 0.606 bits per heavy atom. The zero-order chi connectivity index (χ0) is 47.1. The zero-order valence-corrected chi connectivity index (χ0v) is 39.7. The summed E-state index contributed by atoms with van der Waals surface area (Å²) in [6.07, 6.45) is 10.2. The largest absolute Gasteiger partial charge is 0.447 e. The van der Waals surface area contributed by atoms with Crippen LogP contribution in [0, 0.1) is 0 Å². The Balaban J connectivity index is 1.43. The highest BCUT2D eigenvalue weighted by atomic mass is 16.6. The highest BCUT2D eigenvalue weighted by Gasteiger charge is 2.44. The van der Waals surface area contributed by atoms with Gasteiger partial charge in [0, 0.05) is 26.1 Å². The number of alkyl carbamates (subject to hydrolysis) is 2. The molecule has 66 heavy (non-hydrogen) atoms. The summed E-state index contributed by atoms with van der Waals surface area (Å²) in [5, 5.41) is 35.0. The number of urea groups is 1. The van der Waals surface area contributed by atoms with E-state index in [1.165, 1.54) is 6.33 Å². The number of fused-ring (bicyclic) bond motifs is 1. The average Bonchev–Trinajstić information content (AvgIpc) is 3.93. The van der Waals surface area contributed by atoms with Crippen LogP contribution in [0.3, 0.4) is 0 Å². The molecule has 3 rings (SSSR count). The van der Waals surface area contributed by atoms with Crippen LogP contribution in [0.5, 0.6) is 0 Å². The molecule has 1 aromatic rings. The summed E-state index contributed by atoms with van der Waals surface area (Å²) in [6, 6.07) is -0.376. The molecule has 2 aliphatic heterocycles. The van der Waals surface area contributed by atoms with E-state index in [9.17, 15) is 14.4 Å². The van der Waals surface area contributed by atoms with E-state index in [0.29, 0.717) is 63.3 Å². The van der Waals surface area contributed by atoms with Gasteiger partial charge < -0.3 is 89.5 Å². The Bertz CT molecular complexity index is 1410. The van der Waals surface area contributed by atoms with Crippen LogP contribution in [-0.4, -0.2) is 178 Å². The lowest BCUT2D eigenvalue weighted by Gasteiger charge is -2.24. The topological polar surface area (TPSA) is 318 Å². The van der Waals surface area contributed by atoms with Crippen LogP contribution in [0.25, 0.3) is 0 Å². The Morgan fingerprint density at radius 2 is 1.06 bits per heavy atom. The van der Waals surface area contributed by atoms with Crippen molar-refractivity contribution < 1.29 is 28.6 Å². The number of hydrogen-bond donors (Lipinski definition) is 14. The molecule has 4 amide bonds. The minimum atomic E-state index is -0.739. The molecule has 23 nitrogen and oxygen atoms in total. The first-order valence-corrected chi connectivity index (χ1v) is 24.7. The van der Waals surface area contributed by atoms with Crippen LogP contribution in [-0.2, 0) is 14.2 Å². The van der Waals surface area contributed by atoms with Gasteiger partial charge >= 0.3 is 18.2 Å². The molecule has 1 saturated heterocycles. The Hall–Kier alpha value is -3.91. The van der Waals surface area contributed by atoms with E-state index in [1.54, 1.807) is 0 Å². The molecule has 1 fully saturated rings. The van der Waals surface area contributed by atoms with Gasteiger partial charge in [-0.25, -0.2) is 24.4 Å². The summed E-state index contributed by atoms with van der Waals surface area (Å²) in [6.45, 7) is 14.5. The van der Waals surface area contributed by atoms with E-state index in [4.69, 9.17) is 31.4 Å². The van der Waals surface area contributed by atoms with Crippen molar-refractivity contribution in [2.45, 2.75) is 102 Å². The minimum absolute atomic E-state index is 0.127. The monoisotopic (exact) mass is 938 g/mol. The van der Waals surface area contributed by atoms with E-state index in [0.717, 1.165) is 156 Å². The van der Waals surface area contributed by atoms with Crippen molar-refractivity contribution in [3.05, 3.63) is 6.33 Å². The van der Waals surface area contributed by atoms with E-state index >= 15 is 0 Å². The molecular weight excluding hydrogens is 851 g/mol. The third kappa shape index (κ3) is 25.9. The molecule has 0 saturated carbocycles. The summed E-state index contributed by atoms with van der Waals surface area (Å²) in [4.78, 5) is 49.3. The van der Waals surface area contributed by atoms with Gasteiger partial charge in [-0.2, -0.15) is 0 Å². The molecular formula is C43H87N17O6. The first-order valence-electron chi connectivity index (χ1n) is 24.7. The maximum Gasteiger partial charge on any atom is 0.407 e. The predicted molar refractivity (Wildman–Crippen MR) is 261 cm³/mol. The SMILES string of the molecule is NCCCNCCCCNCCCNC(=O)Nc1ncnc2c1NCN2[C@H]1C[C@H](OC(=O)NCCCNCCCCNCCCN)[C@@H](COC(=O)NCCCNCCCCNCCCN)O1. The van der Waals surface area contributed by atoms with Crippen LogP contribution < -0.4 is 80.6 Å². The Labute approximate surface area is 393 Å². The molecule has 0 bridgehead atoms. The summed E-state index contributed by atoms with van der Waals surface area (Å²) in [5.41, 5.74) is 17.1. The third-order valence-corrected chi connectivity index (χ3v) is 10.9. The Morgan fingerprint density at radius 3 is 1.56 bits per heavy atom. The smallest absolute Gasteiger partial charge is 0.407 e. The maximum atomic E-state index is 13.0. The normalized spacial score (nSPS) is 16.5. The molecule has 380 valence electrons. The van der Waals surface area contributed by atoms with E-state index in [-0.39, 0.29) is 19.1 Å². The number of anilines is 3. The van der Waals surface area contributed by atoms with Crippen molar-refractivity contribution in [3.63, 3.8) is 0 Å². The first kappa shape index (κ1) is 56.4. The molecule has 3 atom stereocenters. The van der Waals surface area contributed by atoms with E-state index in [2.05, 4.69) is 68.5 Å².